The molecule has 8 heteroatoms. The zero-order chi connectivity index (χ0) is 20.0. The summed E-state index contributed by atoms with van der Waals surface area (Å²) in [6.07, 6.45) is 0.837. The van der Waals surface area contributed by atoms with Crippen molar-refractivity contribution in [2.45, 2.75) is 13.3 Å². The third-order valence-electron chi connectivity index (χ3n) is 3.94. The molecule has 1 atom stereocenters. The lowest BCUT2D eigenvalue weighted by Gasteiger charge is -2.11. The molecule has 1 unspecified atom stereocenters. The number of amides is 1. The molecule has 0 radical (unpaired) electrons. The number of ketones is 1. The molecule has 0 fully saturated rings. The van der Waals surface area contributed by atoms with E-state index in [1.54, 1.807) is 18.2 Å². The van der Waals surface area contributed by atoms with Crippen LogP contribution in [-0.2, 0) is 11.2 Å². The normalized spacial score (nSPS) is 11.1. The lowest BCUT2D eigenvalue weighted by molar-refractivity contribution is -0.385. The molecule has 0 heterocycles. The van der Waals surface area contributed by atoms with Gasteiger partial charge >= 0.3 is 5.69 Å². The largest absolute Gasteiger partial charge is 0.490 e. The molecule has 138 valence electrons. The molecular weight excluding hydrogens is 350 g/mol. The van der Waals surface area contributed by atoms with Crippen molar-refractivity contribution in [1.29, 1.82) is 5.26 Å². The lowest BCUT2D eigenvalue weighted by Crippen LogP contribution is -2.28. The van der Waals surface area contributed by atoms with Gasteiger partial charge in [-0.25, -0.2) is 0 Å². The zero-order valence-electron chi connectivity index (χ0n) is 14.8. The summed E-state index contributed by atoms with van der Waals surface area (Å²) in [6.45, 7) is 1.99. The van der Waals surface area contributed by atoms with E-state index >= 15 is 0 Å². The Morgan fingerprint density at radius 3 is 2.44 bits per heavy atom. The van der Waals surface area contributed by atoms with Crippen LogP contribution in [0.4, 0.5) is 11.4 Å². The Labute approximate surface area is 155 Å². The summed E-state index contributed by atoms with van der Waals surface area (Å²) < 4.78 is 4.88. The number of rotatable bonds is 7. The Bertz CT molecular complexity index is 916. The standard InChI is InChI=1S/C19H17N3O5/c1-3-12-4-7-14(8-5-12)21-19(24)15(11-20)18(23)13-6-9-17(27-2)16(10-13)22(25)26/h4-10,15H,3H2,1-2H3,(H,21,24). The number of nitro groups is 1. The Morgan fingerprint density at radius 1 is 1.26 bits per heavy atom. The quantitative estimate of drug-likeness (QED) is 0.347. The van der Waals surface area contributed by atoms with Gasteiger partial charge in [-0.2, -0.15) is 5.26 Å². The molecule has 0 aromatic heterocycles. The van der Waals surface area contributed by atoms with Crippen LogP contribution < -0.4 is 10.1 Å². The number of nitro benzene ring substituents is 1. The minimum absolute atomic E-state index is 0.0227. The van der Waals surface area contributed by atoms with Gasteiger partial charge in [0, 0.05) is 17.3 Å². The summed E-state index contributed by atoms with van der Waals surface area (Å²) in [4.78, 5) is 35.3. The van der Waals surface area contributed by atoms with Crippen molar-refractivity contribution < 1.29 is 19.2 Å². The molecule has 0 aliphatic carbocycles. The van der Waals surface area contributed by atoms with E-state index in [1.165, 1.54) is 19.2 Å². The number of nitriles is 1. The van der Waals surface area contributed by atoms with Gasteiger partial charge in [-0.15, -0.1) is 0 Å². The molecule has 2 aromatic rings. The maximum Gasteiger partial charge on any atom is 0.311 e. The van der Waals surface area contributed by atoms with E-state index < -0.39 is 28.2 Å². The lowest BCUT2D eigenvalue weighted by atomic mass is 9.97. The van der Waals surface area contributed by atoms with Crippen LogP contribution in [0.3, 0.4) is 0 Å². The SMILES string of the molecule is CCc1ccc(NC(=O)C(C#N)C(=O)c2ccc(OC)c([N+](=O)[O-])c2)cc1. The third kappa shape index (κ3) is 4.46. The maximum atomic E-state index is 12.5. The van der Waals surface area contributed by atoms with Crippen LogP contribution in [0.5, 0.6) is 5.75 Å². The number of hydrogen-bond donors (Lipinski definition) is 1. The minimum atomic E-state index is -1.64. The molecule has 2 rings (SSSR count). The van der Waals surface area contributed by atoms with E-state index in [1.807, 2.05) is 19.1 Å². The maximum absolute atomic E-state index is 12.5. The van der Waals surface area contributed by atoms with E-state index in [-0.39, 0.29) is 11.3 Å². The second-order valence-corrected chi connectivity index (χ2v) is 5.61. The Hall–Kier alpha value is -3.73. The van der Waals surface area contributed by atoms with Crippen LogP contribution >= 0.6 is 0 Å². The van der Waals surface area contributed by atoms with Crippen LogP contribution in [-0.4, -0.2) is 23.7 Å². The average molecular weight is 367 g/mol. The summed E-state index contributed by atoms with van der Waals surface area (Å²) >= 11 is 0. The zero-order valence-corrected chi connectivity index (χ0v) is 14.8. The third-order valence-corrected chi connectivity index (χ3v) is 3.94. The first-order chi connectivity index (χ1) is 12.9. The molecule has 0 saturated carbocycles. The smallest absolute Gasteiger partial charge is 0.311 e. The topological polar surface area (TPSA) is 122 Å². The van der Waals surface area contributed by atoms with Crippen molar-refractivity contribution in [2.24, 2.45) is 5.92 Å². The van der Waals surface area contributed by atoms with Gasteiger partial charge in [0.15, 0.2) is 17.5 Å². The van der Waals surface area contributed by atoms with Gasteiger partial charge in [0.25, 0.3) is 0 Å². The first-order valence-electron chi connectivity index (χ1n) is 8.07. The summed E-state index contributed by atoms with van der Waals surface area (Å²) in [6, 6.07) is 12.2. The van der Waals surface area contributed by atoms with E-state index in [2.05, 4.69) is 5.32 Å². The average Bonchev–Trinajstić information content (AvgIpc) is 2.68. The fourth-order valence-electron chi connectivity index (χ4n) is 2.43. The summed E-state index contributed by atoms with van der Waals surface area (Å²) in [5.41, 5.74) is 0.985. The molecule has 0 bridgehead atoms. The molecule has 1 amide bonds. The molecule has 27 heavy (non-hydrogen) atoms. The van der Waals surface area contributed by atoms with Gasteiger partial charge in [-0.3, -0.25) is 19.7 Å². The monoisotopic (exact) mass is 367 g/mol. The number of benzene rings is 2. The number of aryl methyl sites for hydroxylation is 1. The number of hydrogen-bond acceptors (Lipinski definition) is 6. The van der Waals surface area contributed by atoms with Crippen LogP contribution in [0.1, 0.15) is 22.8 Å². The van der Waals surface area contributed by atoms with Crippen molar-refractivity contribution >= 4 is 23.1 Å². The molecule has 0 aliphatic rings. The van der Waals surface area contributed by atoms with Gasteiger partial charge in [-0.1, -0.05) is 19.1 Å². The fourth-order valence-corrected chi connectivity index (χ4v) is 2.43. The molecule has 0 saturated heterocycles. The van der Waals surface area contributed by atoms with Crippen LogP contribution in [0.15, 0.2) is 42.5 Å². The van der Waals surface area contributed by atoms with Crippen molar-refractivity contribution in [3.05, 3.63) is 63.7 Å². The second kappa shape index (κ2) is 8.58. The first kappa shape index (κ1) is 19.6. The molecule has 8 nitrogen and oxygen atoms in total. The van der Waals surface area contributed by atoms with Crippen molar-refractivity contribution in [1.82, 2.24) is 0 Å². The highest BCUT2D eigenvalue weighted by Crippen LogP contribution is 2.28. The predicted molar refractivity (Wildman–Crippen MR) is 97.5 cm³/mol. The molecule has 2 aromatic carbocycles. The van der Waals surface area contributed by atoms with E-state index in [0.29, 0.717) is 5.69 Å². The van der Waals surface area contributed by atoms with Crippen molar-refractivity contribution in [3.63, 3.8) is 0 Å². The highest BCUT2D eigenvalue weighted by Gasteiger charge is 2.29. The van der Waals surface area contributed by atoms with Crippen molar-refractivity contribution in [3.8, 4) is 11.8 Å². The number of carbonyl (C=O) groups is 2. The molecule has 0 aliphatic heterocycles. The molecule has 0 spiro atoms. The number of anilines is 1. The Balaban J connectivity index is 2.24. The van der Waals surface area contributed by atoms with Gasteiger partial charge in [0.2, 0.25) is 5.91 Å². The van der Waals surface area contributed by atoms with Crippen LogP contribution in [0.25, 0.3) is 0 Å². The van der Waals surface area contributed by atoms with E-state index in [4.69, 9.17) is 4.74 Å². The first-order valence-corrected chi connectivity index (χ1v) is 8.07. The fraction of sp³-hybridized carbons (Fsp3) is 0.211. The van der Waals surface area contributed by atoms with Gasteiger partial charge in [-0.05, 0) is 36.2 Å². The van der Waals surface area contributed by atoms with E-state index in [9.17, 15) is 25.0 Å². The highest BCUT2D eigenvalue weighted by molar-refractivity contribution is 6.15. The molecule has 1 N–H and O–H groups in total. The number of carbonyl (C=O) groups excluding carboxylic acids is 2. The number of nitrogens with zero attached hydrogens (tertiary/aromatic N) is 2. The summed E-state index contributed by atoms with van der Waals surface area (Å²) in [5.74, 6) is -3.29. The van der Waals surface area contributed by atoms with Crippen molar-refractivity contribution in [2.75, 3.05) is 12.4 Å². The van der Waals surface area contributed by atoms with Gasteiger partial charge in [0.1, 0.15) is 0 Å². The highest BCUT2D eigenvalue weighted by atomic mass is 16.6. The summed E-state index contributed by atoms with van der Waals surface area (Å²) in [5, 5.41) is 22.9. The van der Waals surface area contributed by atoms with E-state index in [0.717, 1.165) is 18.1 Å². The predicted octanol–water partition coefficient (Wildman–Crippen LogP) is 3.13. The van der Waals surface area contributed by atoms with Crippen LogP contribution in [0.2, 0.25) is 0 Å². The Morgan fingerprint density at radius 2 is 1.93 bits per heavy atom. The van der Waals surface area contributed by atoms with Gasteiger partial charge < -0.3 is 10.1 Å². The number of nitrogens with one attached hydrogen (secondary N) is 1. The minimum Gasteiger partial charge on any atom is -0.490 e. The number of methoxy groups -OCH3 is 1. The van der Waals surface area contributed by atoms with Gasteiger partial charge in [0.05, 0.1) is 18.1 Å². The summed E-state index contributed by atoms with van der Waals surface area (Å²) in [7, 11) is 1.26. The number of ether oxygens (including phenoxy) is 1. The second-order valence-electron chi connectivity index (χ2n) is 5.61. The molecular formula is C19H17N3O5. The Kier molecular flexibility index (Phi) is 6.23. The van der Waals surface area contributed by atoms with Crippen LogP contribution in [0, 0.1) is 27.4 Å². The number of Topliss-reactive ketones (excluding diaryl/α,β-unsaturated/α-hetero) is 1.